The molecule has 19 heavy (non-hydrogen) atoms. The molecule has 1 aromatic heterocycles. The fraction of sp³-hybridized carbons (Fsp3) is 0.786. The van der Waals surface area contributed by atoms with Gasteiger partial charge in [-0.25, -0.2) is 4.98 Å². The molecule has 110 valence electrons. The molecule has 0 unspecified atom stereocenters. The summed E-state index contributed by atoms with van der Waals surface area (Å²) in [5, 5.41) is 4.53. The van der Waals surface area contributed by atoms with Gasteiger partial charge in [0.25, 0.3) is 0 Å². The van der Waals surface area contributed by atoms with Gasteiger partial charge >= 0.3 is 0 Å². The number of thiazole rings is 1. The van der Waals surface area contributed by atoms with E-state index in [1.54, 1.807) is 18.4 Å². The molecule has 0 atom stereocenters. The Labute approximate surface area is 121 Å². The van der Waals surface area contributed by atoms with E-state index in [1.165, 1.54) is 10.6 Å². The van der Waals surface area contributed by atoms with Crippen LogP contribution in [0.1, 0.15) is 31.3 Å². The smallest absolute Gasteiger partial charge is 0.185 e. The standard InChI is InChI=1S/C14H27N3OS/c1-6-12-13(9-15-7-8-18-5)19-14(16-12)17(4)10-11(2)3/h11,15H,6-10H2,1-5H3. The average Bonchev–Trinajstić information content (AvgIpc) is 2.77. The van der Waals surface area contributed by atoms with E-state index >= 15 is 0 Å². The van der Waals surface area contributed by atoms with E-state index in [0.29, 0.717) is 5.92 Å². The van der Waals surface area contributed by atoms with E-state index in [0.717, 1.165) is 37.8 Å². The fourth-order valence-electron chi connectivity index (χ4n) is 1.95. The zero-order valence-corrected chi connectivity index (χ0v) is 13.6. The number of hydrogen-bond acceptors (Lipinski definition) is 5. The minimum absolute atomic E-state index is 0.655. The van der Waals surface area contributed by atoms with Crippen LogP contribution < -0.4 is 10.2 Å². The molecule has 0 aliphatic rings. The Kier molecular flexibility index (Phi) is 7.34. The minimum atomic E-state index is 0.655. The van der Waals surface area contributed by atoms with Crippen molar-refractivity contribution in [3.63, 3.8) is 0 Å². The monoisotopic (exact) mass is 285 g/mol. The summed E-state index contributed by atoms with van der Waals surface area (Å²) in [5.74, 6) is 0.655. The van der Waals surface area contributed by atoms with Gasteiger partial charge in [0.2, 0.25) is 0 Å². The second-order valence-corrected chi connectivity index (χ2v) is 6.23. The van der Waals surface area contributed by atoms with Crippen LogP contribution in [-0.2, 0) is 17.7 Å². The normalized spacial score (nSPS) is 11.3. The van der Waals surface area contributed by atoms with Crippen molar-refractivity contribution in [2.24, 2.45) is 5.92 Å². The van der Waals surface area contributed by atoms with Gasteiger partial charge in [0.1, 0.15) is 0 Å². The SMILES string of the molecule is CCc1nc(N(C)CC(C)C)sc1CNCCOC. The molecular formula is C14H27N3OS. The van der Waals surface area contributed by atoms with Crippen molar-refractivity contribution in [2.75, 3.05) is 38.8 Å². The Morgan fingerprint density at radius 1 is 1.42 bits per heavy atom. The Hall–Kier alpha value is -0.650. The van der Waals surface area contributed by atoms with Gasteiger partial charge in [-0.15, -0.1) is 11.3 Å². The number of nitrogens with one attached hydrogen (secondary N) is 1. The summed E-state index contributed by atoms with van der Waals surface area (Å²) >= 11 is 1.80. The van der Waals surface area contributed by atoms with Gasteiger partial charge < -0.3 is 15.0 Å². The number of aromatic nitrogens is 1. The van der Waals surface area contributed by atoms with Crippen LogP contribution in [0.4, 0.5) is 5.13 Å². The summed E-state index contributed by atoms with van der Waals surface area (Å²) in [4.78, 5) is 8.36. The molecule has 5 heteroatoms. The third kappa shape index (κ3) is 5.47. The maximum Gasteiger partial charge on any atom is 0.185 e. The van der Waals surface area contributed by atoms with Crippen LogP contribution in [0, 0.1) is 5.92 Å². The first-order chi connectivity index (χ1) is 9.08. The lowest BCUT2D eigenvalue weighted by Gasteiger charge is -2.17. The lowest BCUT2D eigenvalue weighted by molar-refractivity contribution is 0.199. The number of hydrogen-bond donors (Lipinski definition) is 1. The van der Waals surface area contributed by atoms with Crippen molar-refractivity contribution in [1.29, 1.82) is 0 Å². The van der Waals surface area contributed by atoms with Crippen LogP contribution in [0.2, 0.25) is 0 Å². The summed E-state index contributed by atoms with van der Waals surface area (Å²) in [6.45, 7) is 10.2. The molecule has 0 aromatic carbocycles. The summed E-state index contributed by atoms with van der Waals surface area (Å²) < 4.78 is 5.04. The largest absolute Gasteiger partial charge is 0.383 e. The molecule has 0 saturated heterocycles. The maximum atomic E-state index is 5.04. The first kappa shape index (κ1) is 16.4. The van der Waals surface area contributed by atoms with Crippen molar-refractivity contribution in [1.82, 2.24) is 10.3 Å². The maximum absolute atomic E-state index is 5.04. The summed E-state index contributed by atoms with van der Waals surface area (Å²) in [7, 11) is 3.85. The van der Waals surface area contributed by atoms with Gasteiger partial charge in [-0.3, -0.25) is 0 Å². The molecule has 4 nitrogen and oxygen atoms in total. The molecule has 1 N–H and O–H groups in total. The highest BCUT2D eigenvalue weighted by molar-refractivity contribution is 7.15. The van der Waals surface area contributed by atoms with E-state index < -0.39 is 0 Å². The molecule has 0 radical (unpaired) electrons. The van der Waals surface area contributed by atoms with Gasteiger partial charge in [0.05, 0.1) is 12.3 Å². The number of ether oxygens (including phenoxy) is 1. The molecule has 0 aliphatic carbocycles. The lowest BCUT2D eigenvalue weighted by Crippen LogP contribution is -2.22. The van der Waals surface area contributed by atoms with Crippen molar-refractivity contribution >= 4 is 16.5 Å². The van der Waals surface area contributed by atoms with Gasteiger partial charge in [-0.2, -0.15) is 0 Å². The van der Waals surface area contributed by atoms with Gasteiger partial charge in [-0.05, 0) is 12.3 Å². The van der Waals surface area contributed by atoms with Crippen LogP contribution in [-0.4, -0.2) is 38.8 Å². The predicted molar refractivity (Wildman–Crippen MR) is 83.2 cm³/mol. The van der Waals surface area contributed by atoms with Crippen molar-refractivity contribution in [2.45, 2.75) is 33.7 Å². The van der Waals surface area contributed by atoms with E-state index in [-0.39, 0.29) is 0 Å². The van der Waals surface area contributed by atoms with Crippen LogP contribution in [0.3, 0.4) is 0 Å². The molecular weight excluding hydrogens is 258 g/mol. The quantitative estimate of drug-likeness (QED) is 0.708. The third-order valence-electron chi connectivity index (χ3n) is 2.84. The molecule has 1 rings (SSSR count). The fourth-order valence-corrected chi connectivity index (χ4v) is 3.04. The Balaban J connectivity index is 2.62. The Morgan fingerprint density at radius 2 is 2.16 bits per heavy atom. The topological polar surface area (TPSA) is 37.4 Å². The number of anilines is 1. The zero-order chi connectivity index (χ0) is 14.3. The predicted octanol–water partition coefficient (Wildman–Crippen LogP) is 2.53. The first-order valence-electron chi connectivity index (χ1n) is 6.97. The molecule has 0 amide bonds. The van der Waals surface area contributed by atoms with Gasteiger partial charge in [0.15, 0.2) is 5.13 Å². The van der Waals surface area contributed by atoms with Crippen LogP contribution >= 0.6 is 11.3 Å². The molecule has 1 heterocycles. The Bertz CT molecular complexity index is 366. The highest BCUT2D eigenvalue weighted by atomic mass is 32.1. The van der Waals surface area contributed by atoms with E-state index in [2.05, 4.69) is 38.0 Å². The van der Waals surface area contributed by atoms with Gasteiger partial charge in [0, 0.05) is 38.7 Å². The van der Waals surface area contributed by atoms with E-state index in [9.17, 15) is 0 Å². The van der Waals surface area contributed by atoms with Crippen molar-refractivity contribution in [3.05, 3.63) is 10.6 Å². The third-order valence-corrected chi connectivity index (χ3v) is 4.05. The highest BCUT2D eigenvalue weighted by Gasteiger charge is 2.13. The van der Waals surface area contributed by atoms with Crippen molar-refractivity contribution < 1.29 is 4.74 Å². The first-order valence-corrected chi connectivity index (χ1v) is 7.79. The van der Waals surface area contributed by atoms with Gasteiger partial charge in [-0.1, -0.05) is 20.8 Å². The van der Waals surface area contributed by atoms with E-state index in [1.807, 2.05) is 0 Å². The molecule has 0 bridgehead atoms. The summed E-state index contributed by atoms with van der Waals surface area (Å²) in [5.41, 5.74) is 1.22. The van der Waals surface area contributed by atoms with Crippen LogP contribution in [0.25, 0.3) is 0 Å². The Morgan fingerprint density at radius 3 is 2.74 bits per heavy atom. The molecule has 0 fully saturated rings. The minimum Gasteiger partial charge on any atom is -0.383 e. The van der Waals surface area contributed by atoms with E-state index in [4.69, 9.17) is 9.72 Å². The second-order valence-electron chi connectivity index (χ2n) is 5.16. The summed E-state index contributed by atoms with van der Waals surface area (Å²) in [6, 6.07) is 0. The van der Waals surface area contributed by atoms with Crippen LogP contribution in [0.15, 0.2) is 0 Å². The van der Waals surface area contributed by atoms with Crippen molar-refractivity contribution in [3.8, 4) is 0 Å². The molecule has 1 aromatic rings. The molecule has 0 saturated carbocycles. The zero-order valence-electron chi connectivity index (χ0n) is 12.8. The lowest BCUT2D eigenvalue weighted by atomic mass is 10.2. The molecule has 0 aliphatic heterocycles. The number of methoxy groups -OCH3 is 1. The summed E-state index contributed by atoms with van der Waals surface area (Å²) in [6.07, 6.45) is 0.993. The number of aryl methyl sites for hydroxylation is 1. The second kappa shape index (κ2) is 8.51. The number of rotatable bonds is 9. The highest BCUT2D eigenvalue weighted by Crippen LogP contribution is 2.26. The number of nitrogens with zero attached hydrogens (tertiary/aromatic N) is 2. The molecule has 0 spiro atoms. The van der Waals surface area contributed by atoms with Crippen LogP contribution in [0.5, 0.6) is 0 Å². The average molecular weight is 285 g/mol.